The molecule has 9 heteroatoms. The third-order valence-electron chi connectivity index (χ3n) is 3.32. The predicted molar refractivity (Wildman–Crippen MR) is 85.2 cm³/mol. The van der Waals surface area contributed by atoms with Crippen LogP contribution in [0, 0.1) is 20.2 Å². The normalized spacial score (nSPS) is 11.6. The monoisotopic (exact) mass is 333 g/mol. The largest absolute Gasteiger partial charge is 0.497 e. The molecule has 24 heavy (non-hydrogen) atoms. The molecular weight excluding hydrogens is 318 g/mol. The second-order valence-corrected chi connectivity index (χ2v) is 4.78. The Bertz CT molecular complexity index is 747. The fraction of sp³-hybridized carbons (Fsp3) is 0.200. The van der Waals surface area contributed by atoms with E-state index in [-0.39, 0.29) is 18.0 Å². The molecule has 1 unspecified atom stereocenters. The van der Waals surface area contributed by atoms with Crippen LogP contribution in [0.25, 0.3) is 0 Å². The van der Waals surface area contributed by atoms with E-state index in [1.54, 1.807) is 24.3 Å². The highest BCUT2D eigenvalue weighted by molar-refractivity contribution is 5.53. The summed E-state index contributed by atoms with van der Waals surface area (Å²) in [5.74, 6) is 0.563. The molecule has 0 aliphatic carbocycles. The van der Waals surface area contributed by atoms with E-state index in [9.17, 15) is 20.2 Å². The zero-order valence-electron chi connectivity index (χ0n) is 12.7. The molecule has 2 aromatic carbocycles. The van der Waals surface area contributed by atoms with Gasteiger partial charge in [0.2, 0.25) is 0 Å². The van der Waals surface area contributed by atoms with Crippen LogP contribution in [-0.2, 0) is 0 Å². The lowest BCUT2D eigenvalue weighted by Crippen LogP contribution is -2.19. The summed E-state index contributed by atoms with van der Waals surface area (Å²) in [6, 6.07) is 10.1. The smallest absolute Gasteiger partial charge is 0.317 e. The van der Waals surface area contributed by atoms with Gasteiger partial charge in [-0.3, -0.25) is 20.2 Å². The second kappa shape index (κ2) is 7.38. The molecule has 0 aliphatic heterocycles. The number of hydrogen-bond donors (Lipinski definition) is 1. The number of nitro benzene ring substituents is 2. The molecule has 0 saturated heterocycles. The van der Waals surface area contributed by atoms with Gasteiger partial charge in [-0.15, -0.1) is 0 Å². The zero-order chi connectivity index (χ0) is 17.7. The van der Waals surface area contributed by atoms with Crippen LogP contribution in [0.2, 0.25) is 0 Å². The Kier molecular flexibility index (Phi) is 5.27. The number of methoxy groups -OCH3 is 1. The summed E-state index contributed by atoms with van der Waals surface area (Å²) < 4.78 is 10.7. The highest BCUT2D eigenvalue weighted by Gasteiger charge is 2.23. The Hall–Kier alpha value is -3.20. The summed E-state index contributed by atoms with van der Waals surface area (Å²) in [6.45, 7) is 0.0699. The van der Waals surface area contributed by atoms with Gasteiger partial charge < -0.3 is 15.2 Å². The van der Waals surface area contributed by atoms with Gasteiger partial charge in [0.25, 0.3) is 5.69 Å². The van der Waals surface area contributed by atoms with Gasteiger partial charge in [-0.1, -0.05) is 12.1 Å². The lowest BCUT2D eigenvalue weighted by Gasteiger charge is -2.18. The van der Waals surface area contributed by atoms with Crippen molar-refractivity contribution in [1.82, 2.24) is 0 Å². The fourth-order valence-corrected chi connectivity index (χ4v) is 2.09. The van der Waals surface area contributed by atoms with Crippen molar-refractivity contribution in [3.63, 3.8) is 0 Å². The van der Waals surface area contributed by atoms with Crippen LogP contribution in [-0.4, -0.2) is 23.5 Å². The molecule has 0 aliphatic rings. The number of nitrogens with zero attached hydrogens (tertiary/aromatic N) is 2. The van der Waals surface area contributed by atoms with Crippen LogP contribution in [0.15, 0.2) is 42.5 Å². The highest BCUT2D eigenvalue weighted by atomic mass is 16.6. The maximum absolute atomic E-state index is 11.1. The fourth-order valence-electron chi connectivity index (χ4n) is 2.09. The lowest BCUT2D eigenvalue weighted by molar-refractivity contribution is -0.394. The Morgan fingerprint density at radius 1 is 1.08 bits per heavy atom. The van der Waals surface area contributed by atoms with Gasteiger partial charge in [-0.25, -0.2) is 0 Å². The van der Waals surface area contributed by atoms with Crippen molar-refractivity contribution in [2.75, 3.05) is 13.7 Å². The first-order chi connectivity index (χ1) is 11.5. The number of hydrogen-bond acceptors (Lipinski definition) is 7. The Balaban J connectivity index is 2.32. The van der Waals surface area contributed by atoms with Gasteiger partial charge in [0.1, 0.15) is 11.9 Å². The van der Waals surface area contributed by atoms with Crippen molar-refractivity contribution in [2.45, 2.75) is 6.10 Å². The van der Waals surface area contributed by atoms with Crippen molar-refractivity contribution in [3.05, 3.63) is 68.3 Å². The molecule has 0 amide bonds. The minimum atomic E-state index is -0.732. The summed E-state index contributed by atoms with van der Waals surface area (Å²) in [7, 11) is 1.53. The van der Waals surface area contributed by atoms with E-state index in [2.05, 4.69) is 0 Å². The summed E-state index contributed by atoms with van der Waals surface area (Å²) in [5, 5.41) is 21.9. The summed E-state index contributed by atoms with van der Waals surface area (Å²) >= 11 is 0. The van der Waals surface area contributed by atoms with E-state index in [1.807, 2.05) is 0 Å². The van der Waals surface area contributed by atoms with Gasteiger partial charge in [0, 0.05) is 12.6 Å². The van der Waals surface area contributed by atoms with E-state index < -0.39 is 21.6 Å². The molecule has 0 spiro atoms. The molecule has 2 N–H and O–H groups in total. The van der Waals surface area contributed by atoms with Crippen LogP contribution < -0.4 is 15.2 Å². The first-order valence-electron chi connectivity index (χ1n) is 6.89. The minimum absolute atomic E-state index is 0.0699. The van der Waals surface area contributed by atoms with E-state index in [0.717, 1.165) is 12.1 Å². The molecule has 2 aromatic rings. The number of rotatable bonds is 7. The van der Waals surface area contributed by atoms with Crippen molar-refractivity contribution in [2.24, 2.45) is 5.73 Å². The third kappa shape index (κ3) is 3.76. The van der Waals surface area contributed by atoms with Crippen LogP contribution in [0.1, 0.15) is 11.7 Å². The first kappa shape index (κ1) is 17.2. The standard InChI is InChI=1S/C15H15N3O6/c1-23-12-5-2-10(3-6-12)15(9-16)24-14-7-4-11(17(19)20)8-13(14)18(21)22/h2-8,15H,9,16H2,1H3. The second-order valence-electron chi connectivity index (χ2n) is 4.78. The van der Waals surface area contributed by atoms with Crippen LogP contribution in [0.5, 0.6) is 11.5 Å². The first-order valence-corrected chi connectivity index (χ1v) is 6.89. The molecule has 2 rings (SSSR count). The third-order valence-corrected chi connectivity index (χ3v) is 3.32. The lowest BCUT2D eigenvalue weighted by atomic mass is 10.1. The van der Waals surface area contributed by atoms with E-state index >= 15 is 0 Å². The number of ether oxygens (including phenoxy) is 2. The van der Waals surface area contributed by atoms with Gasteiger partial charge in [-0.2, -0.15) is 0 Å². The maximum atomic E-state index is 11.1. The number of nitrogens with two attached hydrogens (primary N) is 1. The van der Waals surface area contributed by atoms with Gasteiger partial charge >= 0.3 is 5.69 Å². The van der Waals surface area contributed by atoms with E-state index in [1.165, 1.54) is 13.2 Å². The molecule has 1 atom stereocenters. The van der Waals surface area contributed by atoms with E-state index in [4.69, 9.17) is 15.2 Å². The number of non-ortho nitro benzene ring substituents is 1. The van der Waals surface area contributed by atoms with Crippen molar-refractivity contribution in [1.29, 1.82) is 0 Å². The summed E-state index contributed by atoms with van der Waals surface area (Å²) in [5.41, 5.74) is 5.52. The molecule has 0 aromatic heterocycles. The van der Waals surface area contributed by atoms with Crippen LogP contribution >= 0.6 is 0 Å². The molecular formula is C15H15N3O6. The Morgan fingerprint density at radius 2 is 1.75 bits per heavy atom. The average molecular weight is 333 g/mol. The van der Waals surface area contributed by atoms with Gasteiger partial charge in [0.05, 0.1) is 23.0 Å². The quantitative estimate of drug-likeness (QED) is 0.608. The topological polar surface area (TPSA) is 131 Å². The van der Waals surface area contributed by atoms with Crippen molar-refractivity contribution < 1.29 is 19.3 Å². The summed E-state index contributed by atoms with van der Waals surface area (Å²) in [4.78, 5) is 20.5. The predicted octanol–water partition coefficient (Wildman–Crippen LogP) is 2.59. The van der Waals surface area contributed by atoms with E-state index in [0.29, 0.717) is 11.3 Å². The van der Waals surface area contributed by atoms with Crippen LogP contribution in [0.3, 0.4) is 0 Å². The SMILES string of the molecule is COc1ccc(C(CN)Oc2ccc([N+](=O)[O-])cc2[N+](=O)[O-])cc1. The Labute approximate surface area is 136 Å². The summed E-state index contributed by atoms with van der Waals surface area (Å²) in [6.07, 6.45) is -0.643. The molecule has 0 radical (unpaired) electrons. The van der Waals surface area contributed by atoms with Crippen molar-refractivity contribution in [3.8, 4) is 11.5 Å². The van der Waals surface area contributed by atoms with Gasteiger partial charge in [0.15, 0.2) is 5.75 Å². The van der Waals surface area contributed by atoms with Gasteiger partial charge in [-0.05, 0) is 23.8 Å². The molecule has 0 saturated carbocycles. The molecule has 0 bridgehead atoms. The molecule has 0 fully saturated rings. The molecule has 9 nitrogen and oxygen atoms in total. The number of nitro groups is 2. The average Bonchev–Trinajstić information content (AvgIpc) is 2.59. The highest BCUT2D eigenvalue weighted by Crippen LogP contribution is 2.34. The maximum Gasteiger partial charge on any atom is 0.317 e. The molecule has 0 heterocycles. The molecule has 126 valence electrons. The van der Waals surface area contributed by atoms with Crippen molar-refractivity contribution >= 4 is 11.4 Å². The minimum Gasteiger partial charge on any atom is -0.497 e. The van der Waals surface area contributed by atoms with Crippen LogP contribution in [0.4, 0.5) is 11.4 Å². The zero-order valence-corrected chi connectivity index (χ0v) is 12.7. The number of benzene rings is 2. The Morgan fingerprint density at radius 3 is 2.25 bits per heavy atom.